The van der Waals surface area contributed by atoms with Crippen molar-refractivity contribution in [2.24, 2.45) is 0 Å². The van der Waals surface area contributed by atoms with E-state index in [1.54, 1.807) is 17.4 Å². The average Bonchev–Trinajstić information content (AvgIpc) is 3.38. The van der Waals surface area contributed by atoms with Crippen LogP contribution < -0.4 is 4.74 Å². The van der Waals surface area contributed by atoms with E-state index in [1.165, 1.54) is 24.5 Å². The highest BCUT2D eigenvalue weighted by atomic mass is 32.1. The number of thiazole rings is 1. The quantitative estimate of drug-likeness (QED) is 0.605. The summed E-state index contributed by atoms with van der Waals surface area (Å²) in [6, 6.07) is 9.07. The molecule has 1 amide bonds. The fraction of sp³-hybridized carbons (Fsp3) is 0.333. The normalized spacial score (nSPS) is 14.9. The first kappa shape index (κ1) is 20.0. The van der Waals surface area contributed by atoms with Crippen LogP contribution in [0.4, 0.5) is 4.39 Å². The molecular weight excluding hydrogens is 409 g/mol. The summed E-state index contributed by atoms with van der Waals surface area (Å²) in [6.07, 6.45) is 0. The third kappa shape index (κ3) is 4.34. The number of nitrogens with zero attached hydrogens (tertiary/aromatic N) is 3. The molecule has 1 saturated heterocycles. The lowest BCUT2D eigenvalue weighted by Crippen LogP contribution is -2.48. The topological polar surface area (TPSA) is 45.7 Å². The molecule has 1 aliphatic rings. The Morgan fingerprint density at radius 2 is 2.03 bits per heavy atom. The zero-order valence-corrected chi connectivity index (χ0v) is 18.0. The number of hydrogen-bond donors (Lipinski definition) is 0. The third-order valence-corrected chi connectivity index (χ3v) is 7.19. The van der Waals surface area contributed by atoms with E-state index >= 15 is 0 Å². The number of amides is 1. The number of hydrogen-bond acceptors (Lipinski definition) is 6. The maximum absolute atomic E-state index is 13.9. The molecule has 152 valence electrons. The number of aromatic nitrogens is 1. The number of carbonyl (C=O) groups excluding carboxylic acids is 1. The highest BCUT2D eigenvalue weighted by Crippen LogP contribution is 2.32. The minimum Gasteiger partial charge on any atom is -0.494 e. The lowest BCUT2D eigenvalue weighted by molar-refractivity contribution is 0.0632. The number of ether oxygens (including phenoxy) is 1. The van der Waals surface area contributed by atoms with Crippen LogP contribution >= 0.6 is 22.7 Å². The molecule has 0 N–H and O–H groups in total. The number of aryl methyl sites for hydroxylation is 1. The molecule has 0 spiro atoms. The number of piperazine rings is 1. The van der Waals surface area contributed by atoms with Gasteiger partial charge in [0.25, 0.3) is 5.91 Å². The molecule has 1 aliphatic heterocycles. The first-order chi connectivity index (χ1) is 14.0. The molecule has 0 radical (unpaired) electrons. The van der Waals surface area contributed by atoms with Crippen molar-refractivity contribution in [3.8, 4) is 15.6 Å². The molecular formula is C21H22FN3O2S2. The summed E-state index contributed by atoms with van der Waals surface area (Å²) in [6.45, 7) is 5.39. The van der Waals surface area contributed by atoms with Crippen LogP contribution in [-0.2, 0) is 6.54 Å². The monoisotopic (exact) mass is 431 g/mol. The summed E-state index contributed by atoms with van der Waals surface area (Å²) in [4.78, 5) is 23.5. The minimum absolute atomic E-state index is 0.0537. The largest absolute Gasteiger partial charge is 0.494 e. The maximum atomic E-state index is 13.9. The summed E-state index contributed by atoms with van der Waals surface area (Å²) in [5.41, 5.74) is 1.70. The van der Waals surface area contributed by atoms with Crippen LogP contribution in [0.3, 0.4) is 0 Å². The Morgan fingerprint density at radius 3 is 2.69 bits per heavy atom. The number of benzene rings is 1. The van der Waals surface area contributed by atoms with Crippen molar-refractivity contribution in [2.45, 2.75) is 13.5 Å². The fourth-order valence-electron chi connectivity index (χ4n) is 3.42. The lowest BCUT2D eigenvalue weighted by Gasteiger charge is -2.34. The fourth-order valence-corrected chi connectivity index (χ4v) is 5.25. The van der Waals surface area contributed by atoms with Crippen molar-refractivity contribution in [1.29, 1.82) is 0 Å². The van der Waals surface area contributed by atoms with Crippen molar-refractivity contribution < 1.29 is 13.9 Å². The van der Waals surface area contributed by atoms with Crippen LogP contribution in [0.15, 0.2) is 35.7 Å². The summed E-state index contributed by atoms with van der Waals surface area (Å²) in [7, 11) is 1.46. The molecule has 0 saturated carbocycles. The van der Waals surface area contributed by atoms with E-state index in [0.717, 1.165) is 39.1 Å². The average molecular weight is 432 g/mol. The number of thiophene rings is 1. The van der Waals surface area contributed by atoms with Gasteiger partial charge in [0.05, 0.1) is 17.7 Å². The molecule has 1 fully saturated rings. The molecule has 8 heteroatoms. The van der Waals surface area contributed by atoms with E-state index in [0.29, 0.717) is 19.6 Å². The van der Waals surface area contributed by atoms with E-state index in [1.807, 2.05) is 35.4 Å². The first-order valence-corrected chi connectivity index (χ1v) is 11.1. The van der Waals surface area contributed by atoms with Gasteiger partial charge in [-0.3, -0.25) is 9.69 Å². The van der Waals surface area contributed by atoms with E-state index in [2.05, 4.69) is 9.88 Å². The third-order valence-electron chi connectivity index (χ3n) is 5.00. The Morgan fingerprint density at radius 1 is 1.24 bits per heavy atom. The van der Waals surface area contributed by atoms with Gasteiger partial charge < -0.3 is 9.64 Å². The zero-order valence-electron chi connectivity index (χ0n) is 16.4. The molecule has 0 unspecified atom stereocenters. The molecule has 1 aromatic carbocycles. The van der Waals surface area contributed by atoms with Crippen LogP contribution in [0.5, 0.6) is 5.75 Å². The highest BCUT2D eigenvalue weighted by Gasteiger charge is 2.26. The summed E-state index contributed by atoms with van der Waals surface area (Å²) in [5, 5.41) is 2.92. The standard InChI is InChI=1S/C21H22FN3O2S2/c1-14-19(29-20(23-14)18-4-3-11-28-18)21(26)25-9-7-24(8-10-25)13-15-5-6-17(27-2)16(22)12-15/h3-6,11-12H,7-10,13H2,1-2H3. The summed E-state index contributed by atoms with van der Waals surface area (Å²) < 4.78 is 18.9. The Kier molecular flexibility index (Phi) is 5.94. The van der Waals surface area contributed by atoms with Gasteiger partial charge in [0.15, 0.2) is 11.6 Å². The van der Waals surface area contributed by atoms with E-state index in [-0.39, 0.29) is 17.5 Å². The molecule has 0 aliphatic carbocycles. The van der Waals surface area contributed by atoms with E-state index < -0.39 is 0 Å². The molecule has 3 heterocycles. The van der Waals surface area contributed by atoms with E-state index in [9.17, 15) is 9.18 Å². The second-order valence-electron chi connectivity index (χ2n) is 6.95. The van der Waals surface area contributed by atoms with Gasteiger partial charge in [-0.15, -0.1) is 22.7 Å². The number of halogens is 1. The van der Waals surface area contributed by atoms with Gasteiger partial charge in [-0.05, 0) is 36.1 Å². The van der Waals surface area contributed by atoms with Crippen LogP contribution in [0.1, 0.15) is 20.9 Å². The van der Waals surface area contributed by atoms with Crippen molar-refractivity contribution >= 4 is 28.6 Å². The highest BCUT2D eigenvalue weighted by molar-refractivity contribution is 7.22. The molecule has 0 atom stereocenters. The molecule has 29 heavy (non-hydrogen) atoms. The van der Waals surface area contributed by atoms with Crippen molar-refractivity contribution in [1.82, 2.24) is 14.8 Å². The van der Waals surface area contributed by atoms with Crippen LogP contribution in [0.2, 0.25) is 0 Å². The molecule has 5 nitrogen and oxygen atoms in total. The minimum atomic E-state index is -0.346. The Hall–Kier alpha value is -2.29. The molecule has 0 bridgehead atoms. The molecule has 2 aromatic heterocycles. The van der Waals surface area contributed by atoms with Crippen molar-refractivity contribution in [3.05, 3.63) is 57.7 Å². The van der Waals surface area contributed by atoms with Gasteiger partial charge in [0.2, 0.25) is 0 Å². The smallest absolute Gasteiger partial charge is 0.265 e. The predicted molar refractivity (Wildman–Crippen MR) is 114 cm³/mol. The zero-order chi connectivity index (χ0) is 20.4. The number of methoxy groups -OCH3 is 1. The van der Waals surface area contributed by atoms with Crippen LogP contribution in [-0.4, -0.2) is 54.0 Å². The van der Waals surface area contributed by atoms with Gasteiger partial charge in [-0.1, -0.05) is 12.1 Å². The Labute approximate surface area is 177 Å². The second kappa shape index (κ2) is 8.61. The van der Waals surface area contributed by atoms with Crippen molar-refractivity contribution in [2.75, 3.05) is 33.3 Å². The van der Waals surface area contributed by atoms with Crippen LogP contribution in [0, 0.1) is 12.7 Å². The number of rotatable bonds is 5. The van der Waals surface area contributed by atoms with Gasteiger partial charge in [0, 0.05) is 32.7 Å². The second-order valence-corrected chi connectivity index (χ2v) is 8.89. The SMILES string of the molecule is COc1ccc(CN2CCN(C(=O)c3sc(-c4cccs4)nc3C)CC2)cc1F. The van der Waals surface area contributed by atoms with Gasteiger partial charge in [-0.2, -0.15) is 0 Å². The van der Waals surface area contributed by atoms with Gasteiger partial charge >= 0.3 is 0 Å². The number of carbonyl (C=O) groups is 1. The first-order valence-electron chi connectivity index (χ1n) is 9.40. The molecule has 4 rings (SSSR count). The lowest BCUT2D eigenvalue weighted by atomic mass is 10.1. The van der Waals surface area contributed by atoms with Crippen molar-refractivity contribution in [3.63, 3.8) is 0 Å². The van der Waals surface area contributed by atoms with Crippen LogP contribution in [0.25, 0.3) is 9.88 Å². The summed E-state index contributed by atoms with van der Waals surface area (Å²) in [5.74, 6) is -0.0370. The Balaban J connectivity index is 1.37. The van der Waals surface area contributed by atoms with E-state index in [4.69, 9.17) is 4.74 Å². The molecule has 3 aromatic rings. The maximum Gasteiger partial charge on any atom is 0.265 e. The Bertz CT molecular complexity index is 996. The van der Waals surface area contributed by atoms with Gasteiger partial charge in [0.1, 0.15) is 9.88 Å². The predicted octanol–water partition coefficient (Wildman–Crippen LogP) is 4.29. The van der Waals surface area contributed by atoms with Gasteiger partial charge in [-0.25, -0.2) is 9.37 Å². The summed E-state index contributed by atoms with van der Waals surface area (Å²) >= 11 is 3.10.